The van der Waals surface area contributed by atoms with Crippen LogP contribution in [0.15, 0.2) is 77.5 Å². The molecule has 7 nitrogen and oxygen atoms in total. The maximum Gasteiger partial charge on any atom is 0.433 e. The molecule has 0 spiro atoms. The number of alkyl halides is 3. The zero-order chi connectivity index (χ0) is 27.0. The molecule has 1 amide bonds. The lowest BCUT2D eigenvalue weighted by Gasteiger charge is -2.11. The highest BCUT2D eigenvalue weighted by Crippen LogP contribution is 2.33. The molecule has 0 radical (unpaired) electrons. The number of anilines is 1. The van der Waals surface area contributed by atoms with E-state index in [0.717, 1.165) is 21.7 Å². The molecule has 5 rings (SSSR count). The predicted octanol–water partition coefficient (Wildman–Crippen LogP) is 6.80. The van der Waals surface area contributed by atoms with E-state index in [1.807, 2.05) is 50.2 Å². The Hall–Kier alpha value is -3.99. The Bertz CT molecular complexity index is 1610. The van der Waals surface area contributed by atoms with Gasteiger partial charge >= 0.3 is 6.18 Å². The van der Waals surface area contributed by atoms with E-state index in [0.29, 0.717) is 22.3 Å². The van der Waals surface area contributed by atoms with Crippen LogP contribution in [0.4, 0.5) is 18.9 Å². The van der Waals surface area contributed by atoms with Gasteiger partial charge in [-0.3, -0.25) is 9.48 Å². The summed E-state index contributed by atoms with van der Waals surface area (Å²) in [7, 11) is 0. The third-order valence-corrected chi connectivity index (χ3v) is 6.50. The molecule has 0 aliphatic carbocycles. The molecule has 0 saturated heterocycles. The summed E-state index contributed by atoms with van der Waals surface area (Å²) >= 11 is 3.39. The molecule has 3 aromatic heterocycles. The van der Waals surface area contributed by atoms with Crippen LogP contribution < -0.4 is 5.32 Å². The highest BCUT2D eigenvalue weighted by Gasteiger charge is 2.35. The number of halogens is 4. The van der Waals surface area contributed by atoms with Crippen molar-refractivity contribution in [2.24, 2.45) is 0 Å². The minimum atomic E-state index is -4.71. The summed E-state index contributed by atoms with van der Waals surface area (Å²) in [6.45, 7) is 4.55. The lowest BCUT2D eigenvalue weighted by atomic mass is 10.0. The van der Waals surface area contributed by atoms with Crippen molar-refractivity contribution >= 4 is 33.2 Å². The van der Waals surface area contributed by atoms with Gasteiger partial charge in [0.25, 0.3) is 5.91 Å². The standard InChI is InChI=1S/C27H22BrF3N6O/c1-16(2)18-5-7-19(8-6-18)22-11-24(27(29,30)31)37-25(34-22)12-23(35-37)26(38)33-21-13-32-36(15-21)14-17-3-9-20(28)10-4-17/h3-13,15-16H,14H2,1-2H3,(H,33,38). The summed E-state index contributed by atoms with van der Waals surface area (Å²) in [6, 6.07) is 17.1. The number of carbonyl (C=O) groups excluding carboxylic acids is 1. The van der Waals surface area contributed by atoms with Crippen LogP contribution in [0.2, 0.25) is 0 Å². The number of hydrogen-bond donors (Lipinski definition) is 1. The summed E-state index contributed by atoms with van der Waals surface area (Å²) in [5, 5.41) is 10.8. The second-order valence-corrected chi connectivity index (χ2v) is 10.0. The summed E-state index contributed by atoms with van der Waals surface area (Å²) in [5.74, 6) is -0.386. The van der Waals surface area contributed by atoms with Crippen LogP contribution in [0.1, 0.15) is 47.1 Å². The van der Waals surface area contributed by atoms with Crippen molar-refractivity contribution in [2.45, 2.75) is 32.5 Å². The molecule has 0 unspecified atom stereocenters. The van der Waals surface area contributed by atoms with Crippen molar-refractivity contribution in [1.82, 2.24) is 24.4 Å². The smallest absolute Gasteiger partial charge is 0.318 e. The van der Waals surface area contributed by atoms with Crippen molar-refractivity contribution in [3.05, 3.63) is 100 Å². The molecule has 11 heteroatoms. The molecule has 0 atom stereocenters. The van der Waals surface area contributed by atoms with Gasteiger partial charge in [0, 0.05) is 22.3 Å². The average molecular weight is 583 g/mol. The Kier molecular flexibility index (Phi) is 6.78. The van der Waals surface area contributed by atoms with Crippen molar-refractivity contribution in [2.75, 3.05) is 5.32 Å². The topological polar surface area (TPSA) is 77.1 Å². The molecule has 0 aliphatic heterocycles. The van der Waals surface area contributed by atoms with Gasteiger partial charge in [-0.05, 0) is 35.2 Å². The highest BCUT2D eigenvalue weighted by molar-refractivity contribution is 9.10. The van der Waals surface area contributed by atoms with Crippen LogP contribution in [0.5, 0.6) is 0 Å². The molecular weight excluding hydrogens is 561 g/mol. The van der Waals surface area contributed by atoms with Gasteiger partial charge in [-0.1, -0.05) is 66.2 Å². The molecule has 0 saturated carbocycles. The number of nitrogens with zero attached hydrogens (tertiary/aromatic N) is 5. The minimum Gasteiger partial charge on any atom is -0.318 e. The third-order valence-electron chi connectivity index (χ3n) is 5.97. The number of carbonyl (C=O) groups is 1. The summed E-state index contributed by atoms with van der Waals surface area (Å²) in [6.07, 6.45) is -1.61. The van der Waals surface area contributed by atoms with E-state index in [1.165, 1.54) is 12.3 Å². The van der Waals surface area contributed by atoms with E-state index in [4.69, 9.17) is 0 Å². The number of amides is 1. The van der Waals surface area contributed by atoms with E-state index in [-0.39, 0.29) is 23.0 Å². The molecule has 2 aromatic carbocycles. The van der Waals surface area contributed by atoms with Gasteiger partial charge in [0.2, 0.25) is 0 Å². The molecular formula is C27H22BrF3N6O. The fraction of sp³-hybridized carbons (Fsp3) is 0.185. The van der Waals surface area contributed by atoms with Crippen LogP contribution >= 0.6 is 15.9 Å². The summed E-state index contributed by atoms with van der Waals surface area (Å²) in [5.41, 5.74) is 1.83. The zero-order valence-electron chi connectivity index (χ0n) is 20.4. The predicted molar refractivity (Wildman–Crippen MR) is 141 cm³/mol. The van der Waals surface area contributed by atoms with E-state index in [2.05, 4.69) is 36.4 Å². The maximum atomic E-state index is 13.9. The fourth-order valence-electron chi connectivity index (χ4n) is 3.96. The number of fused-ring (bicyclic) bond motifs is 1. The Morgan fingerprint density at radius 1 is 1.05 bits per heavy atom. The Labute approximate surface area is 224 Å². The first-order valence-corrected chi connectivity index (χ1v) is 12.5. The van der Waals surface area contributed by atoms with Crippen LogP contribution in [-0.4, -0.2) is 30.3 Å². The monoisotopic (exact) mass is 582 g/mol. The van der Waals surface area contributed by atoms with Gasteiger partial charge in [-0.15, -0.1) is 0 Å². The van der Waals surface area contributed by atoms with Crippen LogP contribution in [0.25, 0.3) is 16.9 Å². The maximum absolute atomic E-state index is 13.9. The van der Waals surface area contributed by atoms with Gasteiger partial charge in [0.1, 0.15) is 0 Å². The molecule has 0 aliphatic rings. The minimum absolute atomic E-state index is 0.0844. The first kappa shape index (κ1) is 25.7. The van der Waals surface area contributed by atoms with Gasteiger partial charge in [-0.25, -0.2) is 9.50 Å². The molecule has 3 heterocycles. The van der Waals surface area contributed by atoms with Crippen LogP contribution in [-0.2, 0) is 12.7 Å². The highest BCUT2D eigenvalue weighted by atomic mass is 79.9. The van der Waals surface area contributed by atoms with Crippen LogP contribution in [0.3, 0.4) is 0 Å². The second-order valence-electron chi connectivity index (χ2n) is 9.11. The molecule has 0 fully saturated rings. The quantitative estimate of drug-likeness (QED) is 0.239. The first-order chi connectivity index (χ1) is 18.1. The van der Waals surface area contributed by atoms with Gasteiger partial charge < -0.3 is 5.32 Å². The van der Waals surface area contributed by atoms with Crippen molar-refractivity contribution in [3.63, 3.8) is 0 Å². The largest absolute Gasteiger partial charge is 0.433 e. The number of hydrogen-bond acceptors (Lipinski definition) is 4. The van der Waals surface area contributed by atoms with Crippen molar-refractivity contribution in [3.8, 4) is 11.3 Å². The molecule has 0 bridgehead atoms. The molecule has 194 valence electrons. The van der Waals surface area contributed by atoms with Crippen molar-refractivity contribution < 1.29 is 18.0 Å². The lowest BCUT2D eigenvalue weighted by Crippen LogP contribution is -2.15. The molecule has 1 N–H and O–H groups in total. The van der Waals surface area contributed by atoms with Gasteiger partial charge in [0.15, 0.2) is 17.0 Å². The van der Waals surface area contributed by atoms with Crippen molar-refractivity contribution in [1.29, 1.82) is 0 Å². The number of benzene rings is 2. The molecule has 5 aromatic rings. The normalized spacial score (nSPS) is 11.9. The first-order valence-electron chi connectivity index (χ1n) is 11.7. The van der Waals surface area contributed by atoms with E-state index < -0.39 is 17.8 Å². The summed E-state index contributed by atoms with van der Waals surface area (Å²) in [4.78, 5) is 17.2. The summed E-state index contributed by atoms with van der Waals surface area (Å²) < 4.78 is 45.1. The Morgan fingerprint density at radius 3 is 2.42 bits per heavy atom. The number of nitrogens with one attached hydrogen (secondary N) is 1. The van der Waals surface area contributed by atoms with Crippen LogP contribution in [0, 0.1) is 0 Å². The number of aromatic nitrogens is 5. The molecule has 38 heavy (non-hydrogen) atoms. The van der Waals surface area contributed by atoms with E-state index in [1.54, 1.807) is 23.0 Å². The van der Waals surface area contributed by atoms with E-state index >= 15 is 0 Å². The second kappa shape index (κ2) is 10.1. The van der Waals surface area contributed by atoms with Gasteiger partial charge in [-0.2, -0.15) is 23.4 Å². The van der Waals surface area contributed by atoms with Gasteiger partial charge in [0.05, 0.1) is 24.1 Å². The zero-order valence-corrected chi connectivity index (χ0v) is 22.0. The third kappa shape index (κ3) is 5.47. The Balaban J connectivity index is 1.41. The van der Waals surface area contributed by atoms with E-state index in [9.17, 15) is 18.0 Å². The Morgan fingerprint density at radius 2 is 1.76 bits per heavy atom. The number of rotatable bonds is 6. The SMILES string of the molecule is CC(C)c1ccc(-c2cc(C(F)(F)F)n3nc(C(=O)Nc4cnn(Cc5ccc(Br)cc5)c4)cc3n2)cc1. The fourth-order valence-corrected chi connectivity index (χ4v) is 4.22. The lowest BCUT2D eigenvalue weighted by molar-refractivity contribution is -0.142. The average Bonchev–Trinajstić information content (AvgIpc) is 3.51.